The molecule has 0 bridgehead atoms. The fraction of sp³-hybridized carbons (Fsp3) is 0.600. The number of benzene rings is 1. The summed E-state index contributed by atoms with van der Waals surface area (Å²) in [7, 11) is 0. The van der Waals surface area contributed by atoms with Gasteiger partial charge in [0.05, 0.1) is 6.10 Å². The van der Waals surface area contributed by atoms with Crippen molar-refractivity contribution in [3.05, 3.63) is 34.6 Å². The maximum Gasteiger partial charge on any atom is 0.126 e. The number of aliphatic hydroxyl groups is 1. The SMILES string of the molecule is CC1(C(O)Cc2cc(Cl)ccc2F)CCCCC1. The smallest absolute Gasteiger partial charge is 0.126 e. The minimum atomic E-state index is -0.495. The summed E-state index contributed by atoms with van der Waals surface area (Å²) in [5.74, 6) is -0.280. The van der Waals surface area contributed by atoms with Crippen LogP contribution >= 0.6 is 11.6 Å². The highest BCUT2D eigenvalue weighted by molar-refractivity contribution is 6.30. The van der Waals surface area contributed by atoms with Crippen molar-refractivity contribution in [1.82, 2.24) is 0 Å². The highest BCUT2D eigenvalue weighted by Crippen LogP contribution is 2.40. The van der Waals surface area contributed by atoms with Gasteiger partial charge in [-0.15, -0.1) is 0 Å². The van der Waals surface area contributed by atoms with Gasteiger partial charge in [0.25, 0.3) is 0 Å². The fourth-order valence-corrected chi connectivity index (χ4v) is 3.04. The van der Waals surface area contributed by atoms with Gasteiger partial charge in [0.15, 0.2) is 0 Å². The van der Waals surface area contributed by atoms with Gasteiger partial charge in [-0.05, 0) is 42.0 Å². The Morgan fingerprint density at radius 1 is 1.33 bits per heavy atom. The molecular formula is C15H20ClFO. The molecule has 0 aromatic heterocycles. The maximum absolute atomic E-state index is 13.7. The molecule has 1 aliphatic carbocycles. The molecule has 1 nitrogen and oxygen atoms in total. The highest BCUT2D eigenvalue weighted by atomic mass is 35.5. The third-order valence-electron chi connectivity index (χ3n) is 4.22. The van der Waals surface area contributed by atoms with Crippen molar-refractivity contribution in [2.75, 3.05) is 0 Å². The number of rotatable bonds is 3. The first-order valence-electron chi connectivity index (χ1n) is 6.63. The van der Waals surface area contributed by atoms with E-state index < -0.39 is 6.10 Å². The third-order valence-corrected chi connectivity index (χ3v) is 4.46. The Hall–Kier alpha value is -0.600. The topological polar surface area (TPSA) is 20.2 Å². The summed E-state index contributed by atoms with van der Waals surface area (Å²) in [6.45, 7) is 2.11. The van der Waals surface area contributed by atoms with Crippen LogP contribution in [0.5, 0.6) is 0 Å². The number of aliphatic hydroxyl groups excluding tert-OH is 1. The van der Waals surface area contributed by atoms with Crippen LogP contribution in [0.25, 0.3) is 0 Å². The van der Waals surface area contributed by atoms with E-state index in [4.69, 9.17) is 11.6 Å². The lowest BCUT2D eigenvalue weighted by Crippen LogP contribution is -2.36. The molecule has 1 N–H and O–H groups in total. The molecule has 3 heteroatoms. The van der Waals surface area contributed by atoms with E-state index in [0.29, 0.717) is 17.0 Å². The van der Waals surface area contributed by atoms with Crippen LogP contribution in [-0.4, -0.2) is 11.2 Å². The van der Waals surface area contributed by atoms with Crippen LogP contribution in [0.4, 0.5) is 4.39 Å². The average molecular weight is 271 g/mol. The lowest BCUT2D eigenvalue weighted by atomic mass is 9.70. The van der Waals surface area contributed by atoms with E-state index in [1.54, 1.807) is 6.07 Å². The monoisotopic (exact) mass is 270 g/mol. The predicted molar refractivity (Wildman–Crippen MR) is 72.3 cm³/mol. The maximum atomic E-state index is 13.7. The summed E-state index contributed by atoms with van der Waals surface area (Å²) in [6, 6.07) is 4.52. The van der Waals surface area contributed by atoms with Crippen LogP contribution in [-0.2, 0) is 6.42 Å². The average Bonchev–Trinajstić information content (AvgIpc) is 2.35. The molecule has 0 spiro atoms. The standard InChI is InChI=1S/C15H20ClFO/c1-15(7-3-2-4-8-15)14(18)10-11-9-12(16)5-6-13(11)17/h5-6,9,14,18H,2-4,7-8,10H2,1H3. The van der Waals surface area contributed by atoms with Crippen molar-refractivity contribution < 1.29 is 9.50 Å². The molecule has 0 radical (unpaired) electrons. The molecule has 2 rings (SSSR count). The van der Waals surface area contributed by atoms with E-state index in [-0.39, 0.29) is 11.2 Å². The Kier molecular flexibility index (Phi) is 4.29. The van der Waals surface area contributed by atoms with Crippen LogP contribution in [0.15, 0.2) is 18.2 Å². The summed E-state index contributed by atoms with van der Waals surface area (Å²) in [5.41, 5.74) is 0.439. The summed E-state index contributed by atoms with van der Waals surface area (Å²) >= 11 is 5.87. The largest absolute Gasteiger partial charge is 0.392 e. The molecule has 18 heavy (non-hydrogen) atoms. The van der Waals surface area contributed by atoms with Crippen molar-refractivity contribution in [2.45, 2.75) is 51.6 Å². The molecular weight excluding hydrogens is 251 g/mol. The molecule has 0 heterocycles. The summed E-state index contributed by atoms with van der Waals surface area (Å²) in [5, 5.41) is 10.9. The summed E-state index contributed by atoms with van der Waals surface area (Å²) in [6.07, 6.45) is 5.46. The molecule has 0 aliphatic heterocycles. The van der Waals surface area contributed by atoms with E-state index in [1.807, 2.05) is 0 Å². The summed E-state index contributed by atoms with van der Waals surface area (Å²) < 4.78 is 13.7. The quantitative estimate of drug-likeness (QED) is 0.866. The normalized spacial score (nSPS) is 20.7. The van der Waals surface area contributed by atoms with Gasteiger partial charge >= 0.3 is 0 Å². The molecule has 1 unspecified atom stereocenters. The van der Waals surface area contributed by atoms with Gasteiger partial charge in [-0.3, -0.25) is 0 Å². The van der Waals surface area contributed by atoms with Gasteiger partial charge < -0.3 is 5.11 Å². The second kappa shape index (κ2) is 5.58. The highest BCUT2D eigenvalue weighted by Gasteiger charge is 2.34. The first-order valence-corrected chi connectivity index (χ1v) is 7.01. The lowest BCUT2D eigenvalue weighted by Gasteiger charge is -2.38. The Labute approximate surface area is 113 Å². The first kappa shape index (κ1) is 13.8. The van der Waals surface area contributed by atoms with Crippen molar-refractivity contribution in [3.8, 4) is 0 Å². The van der Waals surface area contributed by atoms with Crippen molar-refractivity contribution >= 4 is 11.6 Å². The van der Waals surface area contributed by atoms with Crippen LogP contribution in [0.1, 0.15) is 44.6 Å². The van der Waals surface area contributed by atoms with Gasteiger partial charge in [0.2, 0.25) is 0 Å². The van der Waals surface area contributed by atoms with E-state index in [1.165, 1.54) is 18.6 Å². The van der Waals surface area contributed by atoms with E-state index >= 15 is 0 Å². The van der Waals surface area contributed by atoms with Crippen molar-refractivity contribution in [1.29, 1.82) is 0 Å². The molecule has 1 atom stereocenters. The van der Waals surface area contributed by atoms with Gasteiger partial charge in [0.1, 0.15) is 5.82 Å². The van der Waals surface area contributed by atoms with Crippen LogP contribution < -0.4 is 0 Å². The zero-order valence-corrected chi connectivity index (χ0v) is 11.5. The van der Waals surface area contributed by atoms with Crippen LogP contribution in [0.2, 0.25) is 5.02 Å². The molecule has 1 aromatic rings. The molecule has 0 saturated heterocycles. The van der Waals surface area contributed by atoms with Gasteiger partial charge in [-0.1, -0.05) is 37.8 Å². The molecule has 100 valence electrons. The predicted octanol–water partition coefficient (Wildman–Crippen LogP) is 4.35. The third kappa shape index (κ3) is 3.04. The Morgan fingerprint density at radius 2 is 2.00 bits per heavy atom. The van der Waals surface area contributed by atoms with E-state index in [2.05, 4.69) is 6.92 Å². The second-order valence-corrected chi connectivity index (χ2v) is 6.11. The van der Waals surface area contributed by atoms with E-state index in [9.17, 15) is 9.50 Å². The molecule has 1 fully saturated rings. The molecule has 0 amide bonds. The molecule has 1 aliphatic rings. The second-order valence-electron chi connectivity index (χ2n) is 5.67. The van der Waals surface area contributed by atoms with Gasteiger partial charge in [0, 0.05) is 11.4 Å². The van der Waals surface area contributed by atoms with Crippen molar-refractivity contribution in [2.24, 2.45) is 5.41 Å². The number of hydrogen-bond donors (Lipinski definition) is 1. The molecule has 1 aromatic carbocycles. The zero-order chi connectivity index (χ0) is 13.2. The Balaban J connectivity index is 2.10. The Morgan fingerprint density at radius 3 is 2.67 bits per heavy atom. The summed E-state index contributed by atoms with van der Waals surface area (Å²) in [4.78, 5) is 0. The number of hydrogen-bond acceptors (Lipinski definition) is 1. The van der Waals surface area contributed by atoms with Crippen molar-refractivity contribution in [3.63, 3.8) is 0 Å². The molecule has 1 saturated carbocycles. The number of halogens is 2. The lowest BCUT2D eigenvalue weighted by molar-refractivity contribution is 0.00989. The van der Waals surface area contributed by atoms with Gasteiger partial charge in [-0.2, -0.15) is 0 Å². The minimum absolute atomic E-state index is 0.0764. The Bertz CT molecular complexity index is 413. The van der Waals surface area contributed by atoms with Crippen LogP contribution in [0, 0.1) is 11.2 Å². The fourth-order valence-electron chi connectivity index (χ4n) is 2.85. The van der Waals surface area contributed by atoms with Crippen LogP contribution in [0.3, 0.4) is 0 Å². The minimum Gasteiger partial charge on any atom is -0.392 e. The van der Waals surface area contributed by atoms with E-state index in [0.717, 1.165) is 25.7 Å². The first-order chi connectivity index (χ1) is 8.51. The zero-order valence-electron chi connectivity index (χ0n) is 10.8. The van der Waals surface area contributed by atoms with Gasteiger partial charge in [-0.25, -0.2) is 4.39 Å².